The minimum atomic E-state index is 1.36. The molecule has 86 valence electrons. The number of nitrogens with one attached hydrogen (secondary N) is 1. The Hall–Kier alpha value is -0.0400. The van der Waals surface area contributed by atoms with Crippen molar-refractivity contribution >= 4 is 0 Å². The van der Waals surface area contributed by atoms with Gasteiger partial charge in [-0.3, -0.25) is 0 Å². The summed E-state index contributed by atoms with van der Waals surface area (Å²) in [5.74, 6) is 0. The largest absolute Gasteiger partial charge is 0.337 e. The number of rotatable bonds is 10. The Kier molecular flexibility index (Phi) is 11.0. The van der Waals surface area contributed by atoms with Crippen LogP contribution in [-0.4, -0.2) is 20.1 Å². The van der Waals surface area contributed by atoms with E-state index in [-0.39, 0.29) is 0 Å². The van der Waals surface area contributed by atoms with Crippen molar-refractivity contribution in [1.29, 1.82) is 0 Å². The molecule has 0 bridgehead atoms. The number of quaternary nitrogens is 1. The summed E-state index contributed by atoms with van der Waals surface area (Å²) in [6, 6.07) is 0. The Morgan fingerprint density at radius 1 is 0.643 bits per heavy atom. The van der Waals surface area contributed by atoms with E-state index in [2.05, 4.69) is 20.9 Å². The van der Waals surface area contributed by atoms with Crippen LogP contribution in [0.2, 0.25) is 0 Å². The predicted molar refractivity (Wildman–Crippen MR) is 64.9 cm³/mol. The molecule has 0 atom stereocenters. The average Bonchev–Trinajstić information content (AvgIpc) is 2.19. The van der Waals surface area contributed by atoms with Gasteiger partial charge < -0.3 is 4.90 Å². The second-order valence-electron chi connectivity index (χ2n) is 4.58. The first-order valence-electron chi connectivity index (χ1n) is 6.62. The molecular weight excluding hydrogens is 170 g/mol. The Labute approximate surface area is 90.9 Å². The predicted octanol–water partition coefficient (Wildman–Crippen LogP) is 2.66. The van der Waals surface area contributed by atoms with Crippen LogP contribution in [0.3, 0.4) is 0 Å². The molecule has 1 N–H and O–H groups in total. The molecule has 0 unspecified atom stereocenters. The molecule has 0 aromatic carbocycles. The fraction of sp³-hybridized carbons (Fsp3) is 1.00. The van der Waals surface area contributed by atoms with Gasteiger partial charge in [-0.15, -0.1) is 0 Å². The lowest BCUT2D eigenvalue weighted by Crippen LogP contribution is -3.09. The molecule has 0 aliphatic heterocycles. The molecule has 14 heavy (non-hydrogen) atoms. The molecule has 0 spiro atoms. The number of hydrogen-bond donors (Lipinski definition) is 1. The van der Waals surface area contributed by atoms with E-state index in [1.807, 2.05) is 0 Å². The van der Waals surface area contributed by atoms with Gasteiger partial charge in [-0.25, -0.2) is 0 Å². The highest BCUT2D eigenvalue weighted by molar-refractivity contribution is 4.40. The van der Waals surface area contributed by atoms with Crippen molar-refractivity contribution in [2.24, 2.45) is 0 Å². The smallest absolute Gasteiger partial charge is 0.0768 e. The lowest BCUT2D eigenvalue weighted by atomic mass is 10.2. The fourth-order valence-electron chi connectivity index (χ4n) is 1.83. The molecule has 1 heteroatoms. The maximum absolute atomic E-state index is 2.35. The van der Waals surface area contributed by atoms with Crippen molar-refractivity contribution in [1.82, 2.24) is 0 Å². The molecule has 0 amide bonds. The summed E-state index contributed by atoms with van der Waals surface area (Å²) in [4.78, 5) is 1.73. The van der Waals surface area contributed by atoms with E-state index in [0.717, 1.165) is 0 Å². The highest BCUT2D eigenvalue weighted by Gasteiger charge is 2.00. The third-order valence-corrected chi connectivity index (χ3v) is 2.91. The Morgan fingerprint density at radius 2 is 1.07 bits per heavy atom. The van der Waals surface area contributed by atoms with Gasteiger partial charge in [0.2, 0.25) is 0 Å². The van der Waals surface area contributed by atoms with Crippen molar-refractivity contribution in [2.75, 3.05) is 20.1 Å². The summed E-state index contributed by atoms with van der Waals surface area (Å²) in [5.41, 5.74) is 0. The van der Waals surface area contributed by atoms with Gasteiger partial charge in [-0.1, -0.05) is 39.5 Å². The highest BCUT2D eigenvalue weighted by atomic mass is 15.1. The summed E-state index contributed by atoms with van der Waals surface area (Å²) in [6.45, 7) is 7.32. The van der Waals surface area contributed by atoms with Crippen LogP contribution in [0.4, 0.5) is 0 Å². The first-order chi connectivity index (χ1) is 6.81. The van der Waals surface area contributed by atoms with E-state index >= 15 is 0 Å². The zero-order valence-electron chi connectivity index (χ0n) is 10.6. The van der Waals surface area contributed by atoms with Crippen LogP contribution < -0.4 is 4.90 Å². The van der Waals surface area contributed by atoms with E-state index < -0.39 is 0 Å². The Morgan fingerprint density at radius 3 is 1.43 bits per heavy atom. The van der Waals surface area contributed by atoms with Crippen LogP contribution in [0, 0.1) is 0 Å². The van der Waals surface area contributed by atoms with E-state index in [4.69, 9.17) is 0 Å². The van der Waals surface area contributed by atoms with E-state index in [1.165, 1.54) is 64.5 Å². The van der Waals surface area contributed by atoms with E-state index in [9.17, 15) is 0 Å². The monoisotopic (exact) mass is 200 g/mol. The van der Waals surface area contributed by atoms with E-state index in [1.54, 1.807) is 4.90 Å². The van der Waals surface area contributed by atoms with Crippen LogP contribution in [-0.2, 0) is 0 Å². The SMILES string of the molecule is CCCCCC[NH+](C)CCCCCC. The second kappa shape index (κ2) is 11.0. The zero-order valence-corrected chi connectivity index (χ0v) is 10.6. The average molecular weight is 200 g/mol. The lowest BCUT2D eigenvalue weighted by Gasteiger charge is -2.13. The van der Waals surface area contributed by atoms with Crippen LogP contribution in [0.5, 0.6) is 0 Å². The van der Waals surface area contributed by atoms with Crippen LogP contribution >= 0.6 is 0 Å². The third kappa shape index (κ3) is 10.0. The zero-order chi connectivity index (χ0) is 10.6. The number of hydrogen-bond acceptors (Lipinski definition) is 0. The van der Waals surface area contributed by atoms with Crippen molar-refractivity contribution in [2.45, 2.75) is 65.2 Å². The van der Waals surface area contributed by atoms with Crippen molar-refractivity contribution < 1.29 is 4.90 Å². The molecular formula is C13H30N+. The molecule has 0 aliphatic carbocycles. The maximum atomic E-state index is 2.35. The van der Waals surface area contributed by atoms with Gasteiger partial charge in [0, 0.05) is 0 Å². The van der Waals surface area contributed by atoms with Gasteiger partial charge in [0.05, 0.1) is 20.1 Å². The summed E-state index contributed by atoms with van der Waals surface area (Å²) in [6.07, 6.45) is 11.3. The van der Waals surface area contributed by atoms with Crippen molar-refractivity contribution in [3.05, 3.63) is 0 Å². The van der Waals surface area contributed by atoms with Gasteiger partial charge in [-0.05, 0) is 25.7 Å². The van der Waals surface area contributed by atoms with Gasteiger partial charge in [0.15, 0.2) is 0 Å². The van der Waals surface area contributed by atoms with Crippen LogP contribution in [0.25, 0.3) is 0 Å². The summed E-state index contributed by atoms with van der Waals surface area (Å²) in [5, 5.41) is 0. The summed E-state index contributed by atoms with van der Waals surface area (Å²) in [7, 11) is 2.35. The molecule has 0 fully saturated rings. The lowest BCUT2D eigenvalue weighted by molar-refractivity contribution is -0.880. The minimum absolute atomic E-state index is 1.36. The molecule has 0 heterocycles. The standard InChI is InChI=1S/C13H29N/c1-4-6-8-10-12-14(3)13-11-9-7-5-2/h4-13H2,1-3H3/p+1. The van der Waals surface area contributed by atoms with Gasteiger partial charge in [-0.2, -0.15) is 0 Å². The molecule has 1 nitrogen and oxygen atoms in total. The summed E-state index contributed by atoms with van der Waals surface area (Å²) < 4.78 is 0. The van der Waals surface area contributed by atoms with Gasteiger partial charge in [0.1, 0.15) is 0 Å². The van der Waals surface area contributed by atoms with Crippen molar-refractivity contribution in [3.63, 3.8) is 0 Å². The third-order valence-electron chi connectivity index (χ3n) is 2.91. The molecule has 0 aliphatic rings. The summed E-state index contributed by atoms with van der Waals surface area (Å²) >= 11 is 0. The maximum Gasteiger partial charge on any atom is 0.0768 e. The van der Waals surface area contributed by atoms with Crippen LogP contribution in [0.15, 0.2) is 0 Å². The molecule has 0 radical (unpaired) electrons. The quantitative estimate of drug-likeness (QED) is 0.517. The fourth-order valence-corrected chi connectivity index (χ4v) is 1.83. The van der Waals surface area contributed by atoms with Gasteiger partial charge >= 0.3 is 0 Å². The molecule has 0 aromatic heterocycles. The topological polar surface area (TPSA) is 4.44 Å². The Bertz CT molecular complexity index is 89.4. The first-order valence-corrected chi connectivity index (χ1v) is 6.62. The molecule has 0 rings (SSSR count). The molecule has 0 aromatic rings. The van der Waals surface area contributed by atoms with E-state index in [0.29, 0.717) is 0 Å². The minimum Gasteiger partial charge on any atom is -0.337 e. The molecule has 0 saturated carbocycles. The van der Waals surface area contributed by atoms with Gasteiger partial charge in [0.25, 0.3) is 0 Å². The Balaban J connectivity index is 3.07. The number of unbranched alkanes of at least 4 members (excludes halogenated alkanes) is 6. The normalized spacial score (nSPS) is 11.1. The highest BCUT2D eigenvalue weighted by Crippen LogP contribution is 1.97. The van der Waals surface area contributed by atoms with Crippen LogP contribution in [0.1, 0.15) is 65.2 Å². The first kappa shape index (κ1) is 14.0. The second-order valence-corrected chi connectivity index (χ2v) is 4.58. The molecule has 0 saturated heterocycles. The van der Waals surface area contributed by atoms with Crippen molar-refractivity contribution in [3.8, 4) is 0 Å².